The SMILES string of the molecule is O=S(=O)(Nc1ccc(-n2cccn2)c(F)c1)c1ccc2c(c1)OCCO2. The number of ether oxygens (including phenoxy) is 2. The molecule has 0 amide bonds. The van der Waals surface area contributed by atoms with Gasteiger partial charge >= 0.3 is 0 Å². The van der Waals surface area contributed by atoms with Gasteiger partial charge in [-0.3, -0.25) is 4.72 Å². The zero-order valence-corrected chi connectivity index (χ0v) is 14.2. The minimum Gasteiger partial charge on any atom is -0.486 e. The molecule has 2 aromatic carbocycles. The molecule has 1 aromatic heterocycles. The number of hydrogen-bond donors (Lipinski definition) is 1. The standard InChI is InChI=1S/C17H14FN3O4S/c18-14-10-12(2-4-15(14)21-7-1-6-19-21)20-26(22,23)13-3-5-16-17(11-13)25-9-8-24-16/h1-7,10-11,20H,8-9H2. The summed E-state index contributed by atoms with van der Waals surface area (Å²) in [6.07, 6.45) is 3.12. The number of fused-ring (bicyclic) bond motifs is 1. The van der Waals surface area contributed by atoms with E-state index >= 15 is 0 Å². The highest BCUT2D eigenvalue weighted by Crippen LogP contribution is 2.32. The van der Waals surface area contributed by atoms with Crippen molar-refractivity contribution in [3.63, 3.8) is 0 Å². The Kier molecular flexibility index (Phi) is 4.00. The molecule has 0 radical (unpaired) electrons. The molecule has 0 aliphatic carbocycles. The third-order valence-corrected chi connectivity index (χ3v) is 5.15. The van der Waals surface area contributed by atoms with Gasteiger partial charge in [0.15, 0.2) is 17.3 Å². The Balaban J connectivity index is 1.61. The molecule has 1 N–H and O–H groups in total. The monoisotopic (exact) mass is 375 g/mol. The Morgan fingerprint density at radius 1 is 1.08 bits per heavy atom. The minimum atomic E-state index is -3.90. The van der Waals surface area contributed by atoms with Crippen molar-refractivity contribution in [1.29, 1.82) is 0 Å². The highest BCUT2D eigenvalue weighted by atomic mass is 32.2. The molecule has 0 saturated heterocycles. The molecule has 0 bridgehead atoms. The van der Waals surface area contributed by atoms with E-state index in [1.54, 1.807) is 12.3 Å². The predicted octanol–water partition coefficient (Wildman–Crippen LogP) is 2.58. The quantitative estimate of drug-likeness (QED) is 0.758. The van der Waals surface area contributed by atoms with Crippen molar-refractivity contribution in [3.05, 3.63) is 60.7 Å². The van der Waals surface area contributed by atoms with Crippen molar-refractivity contribution < 1.29 is 22.3 Å². The second-order valence-corrected chi connectivity index (χ2v) is 7.21. The summed E-state index contributed by atoms with van der Waals surface area (Å²) in [5.41, 5.74) is 0.325. The lowest BCUT2D eigenvalue weighted by atomic mass is 10.3. The van der Waals surface area contributed by atoms with E-state index in [2.05, 4.69) is 9.82 Å². The van der Waals surface area contributed by atoms with E-state index in [1.807, 2.05) is 0 Å². The van der Waals surface area contributed by atoms with Gasteiger partial charge in [-0.25, -0.2) is 17.5 Å². The Labute approximate surface area is 149 Å². The van der Waals surface area contributed by atoms with Gasteiger partial charge < -0.3 is 9.47 Å². The molecule has 0 unspecified atom stereocenters. The Morgan fingerprint density at radius 2 is 1.88 bits per heavy atom. The normalized spacial score (nSPS) is 13.4. The third kappa shape index (κ3) is 3.08. The van der Waals surface area contributed by atoms with E-state index in [0.717, 1.165) is 6.07 Å². The fourth-order valence-electron chi connectivity index (χ4n) is 2.57. The van der Waals surface area contributed by atoms with E-state index < -0.39 is 15.8 Å². The molecule has 7 nitrogen and oxygen atoms in total. The van der Waals surface area contributed by atoms with Crippen molar-refractivity contribution in [2.75, 3.05) is 17.9 Å². The summed E-state index contributed by atoms with van der Waals surface area (Å²) in [4.78, 5) is -0.00156. The molecule has 0 spiro atoms. The Bertz CT molecular complexity index is 1050. The van der Waals surface area contributed by atoms with Crippen LogP contribution in [0.5, 0.6) is 11.5 Å². The van der Waals surface area contributed by atoms with E-state index in [1.165, 1.54) is 41.2 Å². The molecule has 134 valence electrons. The van der Waals surface area contributed by atoms with E-state index in [4.69, 9.17) is 9.47 Å². The molecule has 4 rings (SSSR count). The van der Waals surface area contributed by atoms with Crippen molar-refractivity contribution in [2.45, 2.75) is 4.90 Å². The molecule has 0 fully saturated rings. The van der Waals surface area contributed by atoms with Crippen LogP contribution in [0, 0.1) is 5.82 Å². The van der Waals surface area contributed by atoms with Gasteiger partial charge in [0.1, 0.15) is 18.9 Å². The number of nitrogens with zero attached hydrogens (tertiary/aromatic N) is 2. The van der Waals surface area contributed by atoms with E-state index in [9.17, 15) is 12.8 Å². The number of rotatable bonds is 4. The van der Waals surface area contributed by atoms with Crippen LogP contribution in [0.15, 0.2) is 59.8 Å². The number of benzene rings is 2. The van der Waals surface area contributed by atoms with Gasteiger partial charge in [0.2, 0.25) is 0 Å². The molecule has 0 saturated carbocycles. The minimum absolute atomic E-state index is 0.00156. The summed E-state index contributed by atoms with van der Waals surface area (Å²) in [5, 5.41) is 3.95. The van der Waals surface area contributed by atoms with Crippen LogP contribution >= 0.6 is 0 Å². The van der Waals surface area contributed by atoms with Gasteiger partial charge in [0.25, 0.3) is 10.0 Å². The van der Waals surface area contributed by atoms with Crippen LogP contribution in [0.1, 0.15) is 0 Å². The van der Waals surface area contributed by atoms with Crippen LogP contribution < -0.4 is 14.2 Å². The number of hydrogen-bond acceptors (Lipinski definition) is 5. The number of anilines is 1. The number of nitrogens with one attached hydrogen (secondary N) is 1. The second kappa shape index (κ2) is 6.34. The summed E-state index contributed by atoms with van der Waals surface area (Å²) in [6, 6.07) is 10.0. The van der Waals surface area contributed by atoms with E-state index in [0.29, 0.717) is 24.7 Å². The molecule has 1 aliphatic rings. The maximum absolute atomic E-state index is 14.3. The molecule has 3 aromatic rings. The first kappa shape index (κ1) is 16.4. The zero-order valence-electron chi connectivity index (χ0n) is 13.4. The largest absolute Gasteiger partial charge is 0.486 e. The lowest BCUT2D eigenvalue weighted by molar-refractivity contribution is 0.171. The molecule has 0 atom stereocenters. The first-order valence-electron chi connectivity index (χ1n) is 7.75. The number of sulfonamides is 1. The summed E-state index contributed by atoms with van der Waals surface area (Å²) in [7, 11) is -3.90. The van der Waals surface area contributed by atoms with Crippen molar-refractivity contribution in [3.8, 4) is 17.2 Å². The average Bonchev–Trinajstić information content (AvgIpc) is 3.15. The average molecular weight is 375 g/mol. The number of halogens is 1. The van der Waals surface area contributed by atoms with Crippen molar-refractivity contribution in [1.82, 2.24) is 9.78 Å². The molecular weight excluding hydrogens is 361 g/mol. The smallest absolute Gasteiger partial charge is 0.262 e. The number of aromatic nitrogens is 2. The summed E-state index contributed by atoms with van der Waals surface area (Å²) in [6.45, 7) is 0.767. The van der Waals surface area contributed by atoms with Gasteiger partial charge in [-0.05, 0) is 30.3 Å². The maximum atomic E-state index is 14.3. The lowest BCUT2D eigenvalue weighted by Gasteiger charge is -2.19. The first-order chi connectivity index (χ1) is 12.5. The molecule has 26 heavy (non-hydrogen) atoms. The van der Waals surface area contributed by atoms with Crippen LogP contribution in [0.4, 0.5) is 10.1 Å². The van der Waals surface area contributed by atoms with Crippen LogP contribution in [-0.2, 0) is 10.0 Å². The molecule has 9 heteroatoms. The predicted molar refractivity (Wildman–Crippen MR) is 91.8 cm³/mol. The van der Waals surface area contributed by atoms with Gasteiger partial charge in [-0.15, -0.1) is 0 Å². The van der Waals surface area contributed by atoms with Gasteiger partial charge in [0.05, 0.1) is 10.6 Å². The summed E-state index contributed by atoms with van der Waals surface area (Å²) >= 11 is 0. The Hall–Kier alpha value is -3.07. The highest BCUT2D eigenvalue weighted by molar-refractivity contribution is 7.92. The molecule has 1 aliphatic heterocycles. The topological polar surface area (TPSA) is 82.5 Å². The van der Waals surface area contributed by atoms with Gasteiger partial charge in [-0.1, -0.05) is 0 Å². The maximum Gasteiger partial charge on any atom is 0.262 e. The second-order valence-electron chi connectivity index (χ2n) is 5.53. The summed E-state index contributed by atoms with van der Waals surface area (Å²) in [5.74, 6) is 0.250. The van der Waals surface area contributed by atoms with Crippen LogP contribution in [0.2, 0.25) is 0 Å². The molecular formula is C17H14FN3O4S. The fourth-order valence-corrected chi connectivity index (χ4v) is 3.64. The third-order valence-electron chi connectivity index (χ3n) is 3.78. The van der Waals surface area contributed by atoms with Crippen LogP contribution in [-0.4, -0.2) is 31.4 Å². The first-order valence-corrected chi connectivity index (χ1v) is 9.23. The van der Waals surface area contributed by atoms with Gasteiger partial charge in [-0.2, -0.15) is 5.10 Å². The molecule has 2 heterocycles. The van der Waals surface area contributed by atoms with Crippen LogP contribution in [0.25, 0.3) is 5.69 Å². The van der Waals surface area contributed by atoms with Crippen molar-refractivity contribution in [2.24, 2.45) is 0 Å². The fraction of sp³-hybridized carbons (Fsp3) is 0.118. The highest BCUT2D eigenvalue weighted by Gasteiger charge is 2.20. The lowest BCUT2D eigenvalue weighted by Crippen LogP contribution is -2.17. The van der Waals surface area contributed by atoms with E-state index in [-0.39, 0.29) is 16.3 Å². The van der Waals surface area contributed by atoms with Crippen molar-refractivity contribution >= 4 is 15.7 Å². The van der Waals surface area contributed by atoms with Gasteiger partial charge in [0, 0.05) is 24.5 Å². The Morgan fingerprint density at radius 3 is 2.62 bits per heavy atom. The zero-order chi connectivity index (χ0) is 18.1. The van der Waals surface area contributed by atoms with Crippen LogP contribution in [0.3, 0.4) is 0 Å². The summed E-state index contributed by atoms with van der Waals surface area (Å²) < 4.78 is 53.9.